The van der Waals surface area contributed by atoms with Gasteiger partial charge in [-0.2, -0.15) is 0 Å². The third-order valence-corrected chi connectivity index (χ3v) is 14.9. The van der Waals surface area contributed by atoms with Crippen LogP contribution < -0.4 is 16.0 Å². The Morgan fingerprint density at radius 2 is 1.65 bits per heavy atom. The molecule has 0 aromatic carbocycles. The van der Waals surface area contributed by atoms with Crippen LogP contribution in [0.15, 0.2) is 23.8 Å². The fraction of sp³-hybridized carbons (Fsp3) is 0.750. The van der Waals surface area contributed by atoms with E-state index >= 15 is 4.39 Å². The summed E-state index contributed by atoms with van der Waals surface area (Å²) < 4.78 is 34.9. The molecule has 5 N–H and O–H groups in total. The number of allylic oxidation sites excluding steroid dienone is 4. The molecule has 3 saturated carbocycles. The lowest BCUT2D eigenvalue weighted by atomic mass is 9.44. The second kappa shape index (κ2) is 19.5. The molecule has 4 aliphatic carbocycles. The summed E-state index contributed by atoms with van der Waals surface area (Å²) in [5.74, 6) is -8.37. The number of alkyl carbamates (subject to hydrolysis) is 1. The van der Waals surface area contributed by atoms with Crippen LogP contribution in [0.4, 0.5) is 9.18 Å². The van der Waals surface area contributed by atoms with Gasteiger partial charge in [0.2, 0.25) is 23.5 Å². The van der Waals surface area contributed by atoms with E-state index in [9.17, 15) is 48.6 Å². The largest absolute Gasteiger partial charge is 0.450 e. The number of ketones is 2. The molecule has 1 unspecified atom stereocenters. The number of carbonyl (C=O) groups excluding carboxylic acids is 8. The number of halogens is 1. The van der Waals surface area contributed by atoms with Crippen molar-refractivity contribution in [2.45, 2.75) is 187 Å². The molecule has 0 aromatic heterocycles. The minimum absolute atomic E-state index is 0.0727. The Morgan fingerprint density at radius 3 is 2.27 bits per heavy atom. The predicted octanol–water partition coefficient (Wildman–Crippen LogP) is 4.06. The normalized spacial score (nSPS) is 33.2. The van der Waals surface area contributed by atoms with Crippen LogP contribution in [0.1, 0.15) is 134 Å². The topological polar surface area (TPSA) is 244 Å². The zero-order chi connectivity index (χ0) is 49.5. The first-order valence-electron chi connectivity index (χ1n) is 23.5. The summed E-state index contributed by atoms with van der Waals surface area (Å²) in [5, 5.41) is 31.2. The van der Waals surface area contributed by atoms with Gasteiger partial charge in [-0.3, -0.25) is 28.8 Å². The zero-order valence-corrected chi connectivity index (χ0v) is 40.3. The Balaban J connectivity index is 1.33. The summed E-state index contributed by atoms with van der Waals surface area (Å²) in [6.07, 6.45) is 1.19. The lowest BCUT2D eigenvalue weighted by Gasteiger charge is -2.62. The first-order valence-corrected chi connectivity index (χ1v) is 23.5. The van der Waals surface area contributed by atoms with Crippen LogP contribution >= 0.6 is 0 Å². The summed E-state index contributed by atoms with van der Waals surface area (Å²) in [7, 11) is 0. The van der Waals surface area contributed by atoms with Gasteiger partial charge >= 0.3 is 18.0 Å². The van der Waals surface area contributed by atoms with Crippen LogP contribution in [-0.4, -0.2) is 122 Å². The van der Waals surface area contributed by atoms with Gasteiger partial charge in [0, 0.05) is 35.6 Å². The highest BCUT2D eigenvalue weighted by Crippen LogP contribution is 2.71. The van der Waals surface area contributed by atoms with Crippen molar-refractivity contribution in [1.29, 1.82) is 0 Å². The van der Waals surface area contributed by atoms with E-state index in [1.54, 1.807) is 55.4 Å². The summed E-state index contributed by atoms with van der Waals surface area (Å²) >= 11 is 0. The van der Waals surface area contributed by atoms with Crippen molar-refractivity contribution in [1.82, 2.24) is 20.9 Å². The number of aliphatic hydroxyl groups excluding tert-OH is 2. The third kappa shape index (κ3) is 9.54. The van der Waals surface area contributed by atoms with Crippen molar-refractivity contribution in [2.75, 3.05) is 6.54 Å². The number of alkyl halides is 1. The number of esters is 2. The molecule has 13 atom stereocenters. The van der Waals surface area contributed by atoms with Gasteiger partial charge in [0.05, 0.1) is 6.10 Å². The van der Waals surface area contributed by atoms with Crippen LogP contribution in [0.25, 0.3) is 0 Å². The van der Waals surface area contributed by atoms with Crippen LogP contribution in [0.3, 0.4) is 0 Å². The third-order valence-electron chi connectivity index (χ3n) is 14.9. The molecular weight excluding hydrogens is 860 g/mol. The second-order valence-corrected chi connectivity index (χ2v) is 20.9. The molecule has 17 nitrogen and oxygen atoms in total. The predicted molar refractivity (Wildman–Crippen MR) is 236 cm³/mol. The van der Waals surface area contributed by atoms with E-state index < -0.39 is 129 Å². The SMILES string of the molecule is CCCCC(=O)O[C@]1(C(=O)C(O)OC(=O)[C@@H](NC(=O)[C@@H]2CCCN2C(=O)[C@H](C)NC(=O)[C@H](C)NC(=O)OC(C)(C)C)C(C)C)[C@@H](C)C[C@H]2[C@@H]3CCC4=CC(=O)C=C[C@]4(C)[C@@]3(F)[C@@H](O)C[C@@]21C. The van der Waals surface area contributed by atoms with Crippen molar-refractivity contribution < 1.29 is 67.2 Å². The zero-order valence-electron chi connectivity index (χ0n) is 40.3. The van der Waals surface area contributed by atoms with E-state index in [0.717, 1.165) is 0 Å². The standard InChI is InChI=1S/C48H71FN4O13/c1-12-13-16-35(56)65-48(26(4)22-32-31-18-17-29-23-30(54)19-20-45(29,10)47(31,49)34(55)24-46(32,48)11)37(57)42(62)64-41(61)36(25(2)3)52-39(59)33-15-14-21-53(33)40(60)28(6)50-38(58)27(5)51-43(63)66-44(7,8)9/h19-20,23,25-28,31-34,36,42,55,62H,12-18,21-22,24H2,1-11H3,(H,50,58)(H,51,63)(H,52,59)/t26-,27-,28-,31-,32-,33-,34-,36-,42?,45-,46-,47-,48-/m0/s1. The summed E-state index contributed by atoms with van der Waals surface area (Å²) in [5.41, 5.74) is -7.47. The highest BCUT2D eigenvalue weighted by Gasteiger charge is 2.78. The second-order valence-electron chi connectivity index (χ2n) is 20.9. The molecule has 66 heavy (non-hydrogen) atoms. The van der Waals surface area contributed by atoms with E-state index in [4.69, 9.17) is 14.2 Å². The number of hydrogen-bond donors (Lipinski definition) is 5. The number of nitrogens with one attached hydrogen (secondary N) is 3. The first-order chi connectivity index (χ1) is 30.6. The fourth-order valence-electron chi connectivity index (χ4n) is 11.5. The molecule has 18 heteroatoms. The molecule has 1 aliphatic heterocycles. The van der Waals surface area contributed by atoms with Crippen LogP contribution in [-0.2, 0) is 47.8 Å². The molecule has 1 heterocycles. The molecule has 4 amide bonds. The van der Waals surface area contributed by atoms with Crippen molar-refractivity contribution >= 4 is 47.3 Å². The number of unbranched alkanes of at least 4 members (excludes halogenated alkanes) is 1. The first kappa shape index (κ1) is 52.3. The van der Waals surface area contributed by atoms with Crippen LogP contribution in [0, 0.1) is 34.5 Å². The number of fused-ring (bicyclic) bond motifs is 5. The number of hydrogen-bond acceptors (Lipinski definition) is 13. The number of rotatable bonds is 15. The van der Waals surface area contributed by atoms with E-state index in [2.05, 4.69) is 16.0 Å². The van der Waals surface area contributed by atoms with Crippen molar-refractivity contribution in [3.63, 3.8) is 0 Å². The summed E-state index contributed by atoms with van der Waals surface area (Å²) in [6, 6.07) is -4.67. The van der Waals surface area contributed by atoms with Crippen molar-refractivity contribution in [3.8, 4) is 0 Å². The van der Waals surface area contributed by atoms with E-state index in [0.29, 0.717) is 31.3 Å². The molecule has 0 aromatic rings. The Labute approximate surface area is 386 Å². The van der Waals surface area contributed by atoms with Gasteiger partial charge in [-0.05, 0) is 110 Å². The summed E-state index contributed by atoms with van der Waals surface area (Å²) in [6.45, 7) is 18.0. The van der Waals surface area contributed by atoms with Gasteiger partial charge in [-0.25, -0.2) is 14.0 Å². The maximum atomic E-state index is 18.0. The average Bonchev–Trinajstić information content (AvgIpc) is 3.79. The molecule has 0 bridgehead atoms. The highest BCUT2D eigenvalue weighted by atomic mass is 19.1. The van der Waals surface area contributed by atoms with Gasteiger partial charge in [-0.15, -0.1) is 0 Å². The van der Waals surface area contributed by atoms with E-state index in [1.807, 2.05) is 6.92 Å². The number of Topliss-reactive ketones (excluding diaryl/α,β-unsaturated/α-hetero) is 1. The number of amides is 4. The molecule has 4 fully saturated rings. The Bertz CT molecular complexity index is 2020. The minimum atomic E-state index is -2.52. The Hall–Kier alpha value is -4.71. The van der Waals surface area contributed by atoms with Crippen LogP contribution in [0.5, 0.6) is 0 Å². The van der Waals surface area contributed by atoms with E-state index in [1.165, 1.54) is 37.0 Å². The monoisotopic (exact) mass is 931 g/mol. The number of ether oxygens (including phenoxy) is 3. The lowest BCUT2D eigenvalue weighted by Crippen LogP contribution is -2.70. The van der Waals surface area contributed by atoms with Gasteiger partial charge in [-0.1, -0.05) is 52.7 Å². The van der Waals surface area contributed by atoms with E-state index in [-0.39, 0.29) is 44.4 Å². The van der Waals surface area contributed by atoms with Crippen LogP contribution in [0.2, 0.25) is 0 Å². The van der Waals surface area contributed by atoms with Gasteiger partial charge < -0.3 is 45.3 Å². The fourth-order valence-corrected chi connectivity index (χ4v) is 11.5. The highest BCUT2D eigenvalue weighted by molar-refractivity contribution is 6.01. The number of carbonyl (C=O) groups is 8. The number of nitrogens with zero attached hydrogens (tertiary/aromatic N) is 1. The maximum Gasteiger partial charge on any atom is 0.408 e. The van der Waals surface area contributed by atoms with Gasteiger partial charge in [0.25, 0.3) is 6.29 Å². The number of aliphatic hydroxyl groups is 2. The number of likely N-dealkylation sites (tertiary alicyclic amines) is 1. The lowest BCUT2D eigenvalue weighted by molar-refractivity contribution is -0.236. The summed E-state index contributed by atoms with van der Waals surface area (Å²) in [4.78, 5) is 109. The molecule has 5 rings (SSSR count). The Kier molecular flexibility index (Phi) is 15.4. The molecule has 0 spiro atoms. The van der Waals surface area contributed by atoms with Crippen molar-refractivity contribution in [2.24, 2.45) is 34.5 Å². The molecule has 0 radical (unpaired) electrons. The van der Waals surface area contributed by atoms with Gasteiger partial charge in [0.15, 0.2) is 17.1 Å². The molecular formula is C48H71FN4O13. The maximum absolute atomic E-state index is 18.0. The molecule has 1 saturated heterocycles. The molecule has 368 valence electrons. The smallest absolute Gasteiger partial charge is 0.408 e. The van der Waals surface area contributed by atoms with Gasteiger partial charge in [0.1, 0.15) is 29.8 Å². The average molecular weight is 931 g/mol. The Morgan fingerprint density at radius 1 is 0.985 bits per heavy atom. The quantitative estimate of drug-likeness (QED) is 0.0886. The van der Waals surface area contributed by atoms with Crippen molar-refractivity contribution in [3.05, 3.63) is 23.8 Å². The molecule has 5 aliphatic rings. The minimum Gasteiger partial charge on any atom is -0.450 e.